The molecule has 0 saturated carbocycles. The Hall–Kier alpha value is -2.70. The van der Waals surface area contributed by atoms with E-state index in [2.05, 4.69) is 15.3 Å². The number of hydrogen-bond donors (Lipinski definition) is 1. The zero-order chi connectivity index (χ0) is 14.8. The molecule has 1 aliphatic rings. The maximum absolute atomic E-state index is 12.4. The minimum Gasteiger partial charge on any atom is -0.353 e. The Labute approximate surface area is 121 Å². The predicted octanol–water partition coefficient (Wildman–Crippen LogP) is 0.228. The summed E-state index contributed by atoms with van der Waals surface area (Å²) in [5.74, 6) is 0.383. The number of nitrogens with zero attached hydrogens (tertiary/aromatic N) is 4. The van der Waals surface area contributed by atoms with Crippen molar-refractivity contribution in [3.63, 3.8) is 0 Å². The van der Waals surface area contributed by atoms with E-state index in [1.807, 2.05) is 0 Å². The van der Waals surface area contributed by atoms with E-state index in [-0.39, 0.29) is 11.8 Å². The molecule has 0 spiro atoms. The molecule has 0 aromatic carbocycles. The van der Waals surface area contributed by atoms with E-state index >= 15 is 0 Å². The minimum absolute atomic E-state index is 0.127. The summed E-state index contributed by atoms with van der Waals surface area (Å²) in [5.41, 5.74) is 0.473. The normalized spacial score (nSPS) is 18.4. The molecule has 1 aliphatic heterocycles. The molecule has 2 aromatic heterocycles. The Kier molecular flexibility index (Phi) is 3.39. The van der Waals surface area contributed by atoms with Gasteiger partial charge in [0.25, 0.3) is 5.91 Å². The molecule has 0 bridgehead atoms. The highest BCUT2D eigenvalue weighted by Crippen LogP contribution is 2.12. The van der Waals surface area contributed by atoms with Crippen LogP contribution in [0.3, 0.4) is 0 Å². The summed E-state index contributed by atoms with van der Waals surface area (Å²) in [4.78, 5) is 33.8. The van der Waals surface area contributed by atoms with Crippen molar-refractivity contribution >= 4 is 11.8 Å². The molecule has 2 aromatic rings. The summed E-state index contributed by atoms with van der Waals surface area (Å²) in [5, 5.41) is 2.74. The van der Waals surface area contributed by atoms with Crippen molar-refractivity contribution < 1.29 is 9.59 Å². The van der Waals surface area contributed by atoms with Crippen molar-refractivity contribution in [3.05, 3.63) is 42.6 Å². The third kappa shape index (κ3) is 2.49. The summed E-state index contributed by atoms with van der Waals surface area (Å²) in [6, 6.07) is 3.01. The SMILES string of the molecule is CC1C(=O)NCCN1C(=O)c1ccc(-n2ccnc2)nc1. The van der Waals surface area contributed by atoms with E-state index in [1.165, 1.54) is 6.20 Å². The number of pyridine rings is 1. The van der Waals surface area contributed by atoms with Gasteiger partial charge in [0.1, 0.15) is 18.2 Å². The molecule has 1 N–H and O–H groups in total. The lowest BCUT2D eigenvalue weighted by Gasteiger charge is -2.32. The molecule has 3 heterocycles. The number of carbonyl (C=O) groups excluding carboxylic acids is 2. The number of hydrogen-bond acceptors (Lipinski definition) is 4. The van der Waals surface area contributed by atoms with Crippen LogP contribution in [-0.4, -0.2) is 50.4 Å². The molecule has 0 radical (unpaired) electrons. The minimum atomic E-state index is -0.459. The average Bonchev–Trinajstić information content (AvgIpc) is 3.04. The predicted molar refractivity (Wildman–Crippen MR) is 74.9 cm³/mol. The number of piperazine rings is 1. The fraction of sp³-hybridized carbons (Fsp3) is 0.286. The van der Waals surface area contributed by atoms with Gasteiger partial charge in [-0.2, -0.15) is 0 Å². The van der Waals surface area contributed by atoms with Crippen LogP contribution in [0.25, 0.3) is 5.82 Å². The van der Waals surface area contributed by atoms with Crippen molar-refractivity contribution in [2.45, 2.75) is 13.0 Å². The Bertz CT molecular complexity index is 651. The van der Waals surface area contributed by atoms with Crippen LogP contribution in [-0.2, 0) is 4.79 Å². The largest absolute Gasteiger partial charge is 0.353 e. The second-order valence-electron chi connectivity index (χ2n) is 4.84. The second kappa shape index (κ2) is 5.35. The van der Waals surface area contributed by atoms with Crippen molar-refractivity contribution in [1.29, 1.82) is 0 Å². The van der Waals surface area contributed by atoms with Gasteiger partial charge in [-0.25, -0.2) is 9.97 Å². The molecule has 7 nitrogen and oxygen atoms in total. The molecule has 21 heavy (non-hydrogen) atoms. The van der Waals surface area contributed by atoms with E-state index in [0.29, 0.717) is 24.5 Å². The Morgan fingerprint density at radius 2 is 2.29 bits per heavy atom. The third-order valence-electron chi connectivity index (χ3n) is 3.52. The summed E-state index contributed by atoms with van der Waals surface area (Å²) < 4.78 is 1.76. The van der Waals surface area contributed by atoms with E-state index in [9.17, 15) is 9.59 Å². The Morgan fingerprint density at radius 3 is 2.95 bits per heavy atom. The first-order valence-electron chi connectivity index (χ1n) is 6.70. The summed E-state index contributed by atoms with van der Waals surface area (Å²) >= 11 is 0. The maximum Gasteiger partial charge on any atom is 0.256 e. The zero-order valence-corrected chi connectivity index (χ0v) is 11.6. The first-order chi connectivity index (χ1) is 10.2. The fourth-order valence-corrected chi connectivity index (χ4v) is 2.29. The molecule has 2 amide bonds. The van der Waals surface area contributed by atoms with Gasteiger partial charge >= 0.3 is 0 Å². The fourth-order valence-electron chi connectivity index (χ4n) is 2.29. The molecular weight excluding hydrogens is 270 g/mol. The quantitative estimate of drug-likeness (QED) is 0.856. The molecule has 1 saturated heterocycles. The van der Waals surface area contributed by atoms with Crippen molar-refractivity contribution in [3.8, 4) is 5.82 Å². The van der Waals surface area contributed by atoms with E-state index < -0.39 is 6.04 Å². The zero-order valence-electron chi connectivity index (χ0n) is 11.6. The smallest absolute Gasteiger partial charge is 0.256 e. The Morgan fingerprint density at radius 1 is 1.43 bits per heavy atom. The van der Waals surface area contributed by atoms with Gasteiger partial charge in [0.2, 0.25) is 5.91 Å². The first kappa shape index (κ1) is 13.3. The summed E-state index contributed by atoms with van der Waals surface area (Å²) in [6.45, 7) is 2.71. The number of imidazole rings is 1. The molecule has 3 rings (SSSR count). The third-order valence-corrected chi connectivity index (χ3v) is 3.52. The van der Waals surface area contributed by atoms with Crippen LogP contribution in [0.5, 0.6) is 0 Å². The number of aromatic nitrogens is 3. The van der Waals surface area contributed by atoms with Gasteiger partial charge in [-0.05, 0) is 19.1 Å². The summed E-state index contributed by atoms with van der Waals surface area (Å²) in [6.07, 6.45) is 6.60. The molecular formula is C14H15N5O2. The van der Waals surface area contributed by atoms with Gasteiger partial charge in [0.15, 0.2) is 0 Å². The van der Waals surface area contributed by atoms with Crippen LogP contribution in [0.1, 0.15) is 17.3 Å². The van der Waals surface area contributed by atoms with Crippen molar-refractivity contribution in [2.24, 2.45) is 0 Å². The molecule has 1 unspecified atom stereocenters. The second-order valence-corrected chi connectivity index (χ2v) is 4.84. The highest BCUT2D eigenvalue weighted by Gasteiger charge is 2.29. The van der Waals surface area contributed by atoms with Gasteiger partial charge in [-0.1, -0.05) is 0 Å². The van der Waals surface area contributed by atoms with Gasteiger partial charge < -0.3 is 10.2 Å². The van der Waals surface area contributed by atoms with Gasteiger partial charge in [0, 0.05) is 31.7 Å². The lowest BCUT2D eigenvalue weighted by atomic mass is 10.1. The van der Waals surface area contributed by atoms with E-state index in [0.717, 1.165) is 0 Å². The monoisotopic (exact) mass is 285 g/mol. The first-order valence-corrected chi connectivity index (χ1v) is 6.70. The van der Waals surface area contributed by atoms with Crippen LogP contribution in [0.2, 0.25) is 0 Å². The van der Waals surface area contributed by atoms with Gasteiger partial charge in [-0.3, -0.25) is 14.2 Å². The van der Waals surface area contributed by atoms with Crippen LogP contribution >= 0.6 is 0 Å². The van der Waals surface area contributed by atoms with Crippen LogP contribution in [0.4, 0.5) is 0 Å². The average molecular weight is 285 g/mol. The molecule has 1 atom stereocenters. The topological polar surface area (TPSA) is 80.1 Å². The number of rotatable bonds is 2. The van der Waals surface area contributed by atoms with Crippen LogP contribution < -0.4 is 5.32 Å². The maximum atomic E-state index is 12.4. The van der Waals surface area contributed by atoms with Crippen molar-refractivity contribution in [2.75, 3.05) is 13.1 Å². The van der Waals surface area contributed by atoms with Crippen molar-refractivity contribution in [1.82, 2.24) is 24.8 Å². The standard InChI is InChI=1S/C14H15N5O2/c1-10-13(20)16-5-7-19(10)14(21)11-2-3-12(17-8-11)18-6-4-15-9-18/h2-4,6,8-10H,5,7H2,1H3,(H,16,20). The molecule has 7 heteroatoms. The number of amides is 2. The lowest BCUT2D eigenvalue weighted by Crippen LogP contribution is -2.55. The van der Waals surface area contributed by atoms with Gasteiger partial charge in [-0.15, -0.1) is 0 Å². The number of carbonyl (C=O) groups is 2. The summed E-state index contributed by atoms with van der Waals surface area (Å²) in [7, 11) is 0. The molecule has 108 valence electrons. The van der Waals surface area contributed by atoms with Crippen LogP contribution in [0.15, 0.2) is 37.1 Å². The van der Waals surface area contributed by atoms with Gasteiger partial charge in [0.05, 0.1) is 5.56 Å². The molecule has 0 aliphatic carbocycles. The van der Waals surface area contributed by atoms with E-state index in [4.69, 9.17) is 0 Å². The number of nitrogens with one attached hydrogen (secondary N) is 1. The highest BCUT2D eigenvalue weighted by atomic mass is 16.2. The Balaban J connectivity index is 1.80. The lowest BCUT2D eigenvalue weighted by molar-refractivity contribution is -0.127. The van der Waals surface area contributed by atoms with Crippen LogP contribution in [0, 0.1) is 0 Å². The van der Waals surface area contributed by atoms with E-state index in [1.54, 1.807) is 47.2 Å². The highest BCUT2D eigenvalue weighted by molar-refractivity contribution is 5.97. The molecule has 1 fully saturated rings.